The Morgan fingerprint density at radius 2 is 2.00 bits per heavy atom. The number of imidazole rings is 1. The molecular weight excluding hydrogens is 182 g/mol. The first-order valence-electron chi connectivity index (χ1n) is 4.07. The van der Waals surface area contributed by atoms with Gasteiger partial charge in [0.05, 0.1) is 11.0 Å². The number of aromatic amines is 1. The Kier molecular flexibility index (Phi) is 1.84. The maximum absolute atomic E-state index is 5.19. The third kappa shape index (κ3) is 1.23. The highest BCUT2D eigenvalue weighted by atomic mass is 32.1. The molecule has 0 atom stereocenters. The van der Waals surface area contributed by atoms with E-state index in [0.717, 1.165) is 15.8 Å². The first-order chi connectivity index (χ1) is 6.20. The standard InChI is InChI=1S/C9H11N3S/c1-11(2)12-8-6-4-3-5-7(8)10-9(12)13/h3-6H,1-2H3,(H,10,13). The van der Waals surface area contributed by atoms with E-state index in [1.807, 2.05) is 48.0 Å². The van der Waals surface area contributed by atoms with Crippen LogP contribution >= 0.6 is 12.2 Å². The Morgan fingerprint density at radius 1 is 1.31 bits per heavy atom. The highest BCUT2D eigenvalue weighted by molar-refractivity contribution is 7.71. The molecule has 0 aliphatic carbocycles. The van der Waals surface area contributed by atoms with E-state index >= 15 is 0 Å². The Morgan fingerprint density at radius 3 is 2.69 bits per heavy atom. The third-order valence-corrected chi connectivity index (χ3v) is 2.24. The van der Waals surface area contributed by atoms with Crippen molar-refractivity contribution in [2.75, 3.05) is 19.1 Å². The van der Waals surface area contributed by atoms with Crippen LogP contribution in [0, 0.1) is 4.77 Å². The molecule has 1 heterocycles. The fourth-order valence-electron chi connectivity index (χ4n) is 1.44. The van der Waals surface area contributed by atoms with E-state index in [-0.39, 0.29) is 0 Å². The van der Waals surface area contributed by atoms with Crippen LogP contribution in [0.4, 0.5) is 0 Å². The molecule has 0 unspecified atom stereocenters. The summed E-state index contributed by atoms with van der Waals surface area (Å²) in [6.45, 7) is 0. The first-order valence-corrected chi connectivity index (χ1v) is 4.48. The van der Waals surface area contributed by atoms with Crippen molar-refractivity contribution in [2.45, 2.75) is 0 Å². The lowest BCUT2D eigenvalue weighted by Gasteiger charge is -2.14. The molecule has 1 aromatic heterocycles. The van der Waals surface area contributed by atoms with Gasteiger partial charge in [-0.05, 0) is 24.4 Å². The number of nitrogens with zero attached hydrogens (tertiary/aromatic N) is 2. The van der Waals surface area contributed by atoms with Crippen molar-refractivity contribution >= 4 is 23.3 Å². The number of nitrogens with one attached hydrogen (secondary N) is 1. The number of aromatic nitrogens is 2. The van der Waals surface area contributed by atoms with Crippen molar-refractivity contribution in [1.82, 2.24) is 9.66 Å². The van der Waals surface area contributed by atoms with E-state index in [0.29, 0.717) is 0 Å². The van der Waals surface area contributed by atoms with E-state index in [4.69, 9.17) is 12.2 Å². The summed E-state index contributed by atoms with van der Waals surface area (Å²) >= 11 is 5.19. The van der Waals surface area contributed by atoms with Crippen LogP contribution in [0.3, 0.4) is 0 Å². The van der Waals surface area contributed by atoms with Gasteiger partial charge in [-0.25, -0.2) is 4.68 Å². The van der Waals surface area contributed by atoms with Crippen LogP contribution in [0.5, 0.6) is 0 Å². The summed E-state index contributed by atoms with van der Waals surface area (Å²) in [6.07, 6.45) is 0. The Labute approximate surface area is 81.6 Å². The molecule has 0 aliphatic rings. The molecular formula is C9H11N3S. The van der Waals surface area contributed by atoms with Crippen LogP contribution in [0.15, 0.2) is 24.3 Å². The normalized spacial score (nSPS) is 10.6. The van der Waals surface area contributed by atoms with Crippen molar-refractivity contribution < 1.29 is 0 Å². The maximum atomic E-state index is 5.19. The number of hydrogen-bond acceptors (Lipinski definition) is 2. The minimum Gasteiger partial charge on any atom is -0.329 e. The summed E-state index contributed by atoms with van der Waals surface area (Å²) in [7, 11) is 3.94. The highest BCUT2D eigenvalue weighted by Crippen LogP contribution is 2.12. The van der Waals surface area contributed by atoms with E-state index in [2.05, 4.69) is 4.98 Å². The average Bonchev–Trinajstić information content (AvgIpc) is 2.39. The summed E-state index contributed by atoms with van der Waals surface area (Å²) < 4.78 is 2.69. The third-order valence-electron chi connectivity index (χ3n) is 1.97. The van der Waals surface area contributed by atoms with E-state index in [1.54, 1.807) is 0 Å². The van der Waals surface area contributed by atoms with Crippen molar-refractivity contribution in [1.29, 1.82) is 0 Å². The second-order valence-electron chi connectivity index (χ2n) is 3.11. The molecule has 0 saturated carbocycles. The van der Waals surface area contributed by atoms with Gasteiger partial charge in [-0.3, -0.25) is 0 Å². The monoisotopic (exact) mass is 193 g/mol. The quantitative estimate of drug-likeness (QED) is 0.699. The van der Waals surface area contributed by atoms with E-state index in [1.165, 1.54) is 0 Å². The topological polar surface area (TPSA) is 24.0 Å². The zero-order valence-electron chi connectivity index (χ0n) is 7.61. The summed E-state index contributed by atoms with van der Waals surface area (Å²) in [5.74, 6) is 0. The van der Waals surface area contributed by atoms with Crippen LogP contribution in [-0.4, -0.2) is 23.8 Å². The minimum atomic E-state index is 0.728. The molecule has 68 valence electrons. The second-order valence-corrected chi connectivity index (χ2v) is 3.49. The number of fused-ring (bicyclic) bond motifs is 1. The van der Waals surface area contributed by atoms with Gasteiger partial charge in [-0.2, -0.15) is 0 Å². The summed E-state index contributed by atoms with van der Waals surface area (Å²) in [6, 6.07) is 8.06. The Hall–Kier alpha value is -1.29. The first kappa shape index (κ1) is 8.31. The predicted octanol–water partition coefficient (Wildman–Crippen LogP) is 1.90. The molecule has 0 radical (unpaired) electrons. The number of para-hydroxylation sites is 2. The van der Waals surface area contributed by atoms with Gasteiger partial charge in [0.15, 0.2) is 4.77 Å². The van der Waals surface area contributed by atoms with Gasteiger partial charge in [-0.1, -0.05) is 12.1 Å². The van der Waals surface area contributed by atoms with E-state index < -0.39 is 0 Å². The lowest BCUT2D eigenvalue weighted by molar-refractivity contribution is 0.742. The molecule has 2 rings (SSSR count). The zero-order valence-corrected chi connectivity index (χ0v) is 8.43. The molecule has 0 aliphatic heterocycles. The van der Waals surface area contributed by atoms with Crippen LogP contribution in [0.1, 0.15) is 0 Å². The van der Waals surface area contributed by atoms with Crippen LogP contribution < -0.4 is 5.01 Å². The number of H-pyrrole nitrogens is 1. The lowest BCUT2D eigenvalue weighted by Crippen LogP contribution is -2.24. The zero-order chi connectivity index (χ0) is 9.42. The van der Waals surface area contributed by atoms with Gasteiger partial charge in [0.2, 0.25) is 0 Å². The van der Waals surface area contributed by atoms with Crippen molar-refractivity contribution in [3.8, 4) is 0 Å². The molecule has 0 fully saturated rings. The van der Waals surface area contributed by atoms with E-state index in [9.17, 15) is 0 Å². The Bertz CT molecular complexity index is 481. The average molecular weight is 193 g/mol. The molecule has 1 aromatic carbocycles. The molecule has 13 heavy (non-hydrogen) atoms. The summed E-state index contributed by atoms with van der Waals surface area (Å²) in [5, 5.41) is 1.96. The van der Waals surface area contributed by atoms with Crippen molar-refractivity contribution in [3.05, 3.63) is 29.0 Å². The molecule has 3 nitrogen and oxygen atoms in total. The van der Waals surface area contributed by atoms with Gasteiger partial charge in [0.25, 0.3) is 0 Å². The fraction of sp³-hybridized carbons (Fsp3) is 0.222. The van der Waals surface area contributed by atoms with Crippen molar-refractivity contribution in [3.63, 3.8) is 0 Å². The maximum Gasteiger partial charge on any atom is 0.197 e. The SMILES string of the molecule is CN(C)n1c(=S)[nH]c2ccccc21. The van der Waals surface area contributed by atoms with Gasteiger partial charge < -0.3 is 9.99 Å². The van der Waals surface area contributed by atoms with Gasteiger partial charge in [0.1, 0.15) is 0 Å². The predicted molar refractivity (Wildman–Crippen MR) is 57.2 cm³/mol. The van der Waals surface area contributed by atoms with Crippen LogP contribution in [0.2, 0.25) is 0 Å². The molecule has 0 bridgehead atoms. The summed E-state index contributed by atoms with van der Waals surface area (Å²) in [5.41, 5.74) is 2.18. The molecule has 0 spiro atoms. The molecule has 0 amide bonds. The number of rotatable bonds is 1. The molecule has 4 heteroatoms. The Balaban J connectivity index is 2.87. The molecule has 2 aromatic rings. The summed E-state index contributed by atoms with van der Waals surface area (Å²) in [4.78, 5) is 3.14. The number of benzene rings is 1. The van der Waals surface area contributed by atoms with Crippen LogP contribution in [0.25, 0.3) is 11.0 Å². The highest BCUT2D eigenvalue weighted by Gasteiger charge is 2.03. The van der Waals surface area contributed by atoms with Gasteiger partial charge in [-0.15, -0.1) is 0 Å². The van der Waals surface area contributed by atoms with Crippen LogP contribution in [-0.2, 0) is 0 Å². The molecule has 0 saturated heterocycles. The largest absolute Gasteiger partial charge is 0.329 e. The smallest absolute Gasteiger partial charge is 0.197 e. The number of hydrogen-bond donors (Lipinski definition) is 1. The van der Waals surface area contributed by atoms with Gasteiger partial charge in [0, 0.05) is 14.1 Å². The lowest BCUT2D eigenvalue weighted by atomic mass is 10.3. The van der Waals surface area contributed by atoms with Crippen molar-refractivity contribution in [2.24, 2.45) is 0 Å². The molecule has 1 N–H and O–H groups in total. The second kappa shape index (κ2) is 2.88. The fourth-order valence-corrected chi connectivity index (χ4v) is 1.81. The van der Waals surface area contributed by atoms with Gasteiger partial charge >= 0.3 is 0 Å². The minimum absolute atomic E-state index is 0.728.